The van der Waals surface area contributed by atoms with Crippen LogP contribution >= 0.6 is 0 Å². The van der Waals surface area contributed by atoms with Gasteiger partial charge in [0.2, 0.25) is 0 Å². The second-order valence-corrected chi connectivity index (χ2v) is 7.22. The summed E-state index contributed by atoms with van der Waals surface area (Å²) in [5, 5.41) is 2.69. The van der Waals surface area contributed by atoms with Crippen LogP contribution in [0.1, 0.15) is 35.7 Å². The van der Waals surface area contributed by atoms with E-state index in [1.807, 2.05) is 24.3 Å². The number of ether oxygens (including phenoxy) is 1. The van der Waals surface area contributed by atoms with Crippen LogP contribution in [0.4, 0.5) is 5.69 Å². The van der Waals surface area contributed by atoms with Gasteiger partial charge >= 0.3 is 5.97 Å². The average Bonchev–Trinajstić information content (AvgIpc) is 2.65. The molecule has 6 heteroatoms. The molecule has 0 aliphatic carbocycles. The Morgan fingerprint density at radius 1 is 1.08 bits per heavy atom. The van der Waals surface area contributed by atoms with Gasteiger partial charge in [0.1, 0.15) is 0 Å². The molecule has 2 aromatic rings. The Morgan fingerprint density at radius 3 is 2.42 bits per heavy atom. The molecule has 2 aromatic carbocycles. The van der Waals surface area contributed by atoms with E-state index in [9.17, 15) is 13.8 Å². The molecule has 0 spiro atoms. The third-order valence-corrected chi connectivity index (χ3v) is 4.78. The van der Waals surface area contributed by atoms with Crippen LogP contribution in [0.25, 0.3) is 0 Å². The summed E-state index contributed by atoms with van der Waals surface area (Å²) in [7, 11) is -1.31. The van der Waals surface area contributed by atoms with Crippen molar-refractivity contribution in [3.05, 3.63) is 59.7 Å². The molecule has 0 aliphatic rings. The van der Waals surface area contributed by atoms with Crippen LogP contribution in [0.3, 0.4) is 0 Å². The van der Waals surface area contributed by atoms with Crippen LogP contribution in [0, 0.1) is 0 Å². The van der Waals surface area contributed by atoms with E-state index in [2.05, 4.69) is 12.2 Å². The second-order valence-electron chi connectivity index (χ2n) is 5.88. The standard InChI is InChI=1S/C20H23NO4S/c1-3-4-7-15-10-12-16(13-11-15)21-19(22)14-25-20(23)17-8-5-6-9-18(17)26(2)24/h5-6,8-13H,3-4,7,14H2,1-2H3,(H,21,22)/t26-/m1/s1. The zero-order valence-electron chi connectivity index (χ0n) is 15.0. The molecule has 1 amide bonds. The van der Waals surface area contributed by atoms with Crippen molar-refractivity contribution in [1.82, 2.24) is 0 Å². The summed E-state index contributed by atoms with van der Waals surface area (Å²) in [6.07, 6.45) is 4.77. The summed E-state index contributed by atoms with van der Waals surface area (Å²) in [6, 6.07) is 14.1. The first-order chi connectivity index (χ1) is 12.5. The number of anilines is 1. The highest BCUT2D eigenvalue weighted by atomic mass is 32.2. The van der Waals surface area contributed by atoms with Gasteiger partial charge in [-0.2, -0.15) is 0 Å². The summed E-state index contributed by atoms with van der Waals surface area (Å²) >= 11 is 0. The van der Waals surface area contributed by atoms with E-state index < -0.39 is 29.3 Å². The van der Waals surface area contributed by atoms with Crippen molar-refractivity contribution in [1.29, 1.82) is 0 Å². The van der Waals surface area contributed by atoms with Crippen molar-refractivity contribution in [3.63, 3.8) is 0 Å². The lowest BCUT2D eigenvalue weighted by atomic mass is 10.1. The maximum atomic E-state index is 12.1. The molecule has 5 nitrogen and oxygen atoms in total. The summed E-state index contributed by atoms with van der Waals surface area (Å²) in [4.78, 5) is 24.5. The monoisotopic (exact) mass is 373 g/mol. The number of carbonyl (C=O) groups is 2. The van der Waals surface area contributed by atoms with Crippen LogP contribution in [0.15, 0.2) is 53.4 Å². The molecule has 1 N–H and O–H groups in total. The molecule has 0 aromatic heterocycles. The van der Waals surface area contributed by atoms with Gasteiger partial charge in [-0.15, -0.1) is 0 Å². The van der Waals surface area contributed by atoms with Gasteiger partial charge in [0.15, 0.2) is 6.61 Å². The second kappa shape index (κ2) is 9.87. The van der Waals surface area contributed by atoms with Gasteiger partial charge in [0, 0.05) is 11.9 Å². The average molecular weight is 373 g/mol. The Kier molecular flexibility index (Phi) is 7.53. The number of aryl methyl sites for hydroxylation is 1. The quantitative estimate of drug-likeness (QED) is 0.718. The first-order valence-corrected chi connectivity index (χ1v) is 10.1. The number of amides is 1. The molecule has 0 heterocycles. The first kappa shape index (κ1) is 19.8. The molecule has 0 bridgehead atoms. The largest absolute Gasteiger partial charge is 0.452 e. The van der Waals surface area contributed by atoms with Crippen LogP contribution in [0.5, 0.6) is 0 Å². The van der Waals surface area contributed by atoms with Crippen LogP contribution in [-0.4, -0.2) is 28.9 Å². The van der Waals surface area contributed by atoms with Gasteiger partial charge in [-0.25, -0.2) is 4.79 Å². The molecule has 0 saturated carbocycles. The molecule has 0 unspecified atom stereocenters. The molecule has 26 heavy (non-hydrogen) atoms. The van der Waals surface area contributed by atoms with Gasteiger partial charge in [-0.3, -0.25) is 9.00 Å². The van der Waals surface area contributed by atoms with Gasteiger partial charge < -0.3 is 10.1 Å². The van der Waals surface area contributed by atoms with E-state index in [-0.39, 0.29) is 5.56 Å². The lowest BCUT2D eigenvalue weighted by Crippen LogP contribution is -2.21. The molecule has 0 radical (unpaired) electrons. The van der Waals surface area contributed by atoms with Gasteiger partial charge in [0.05, 0.1) is 21.3 Å². The van der Waals surface area contributed by atoms with Gasteiger partial charge in [0.25, 0.3) is 5.91 Å². The van der Waals surface area contributed by atoms with E-state index in [1.165, 1.54) is 17.9 Å². The van der Waals surface area contributed by atoms with E-state index in [4.69, 9.17) is 4.74 Å². The third-order valence-electron chi connectivity index (χ3n) is 3.81. The number of benzene rings is 2. The highest BCUT2D eigenvalue weighted by Gasteiger charge is 2.16. The van der Waals surface area contributed by atoms with E-state index in [0.717, 1.165) is 19.3 Å². The Bertz CT molecular complexity index is 787. The van der Waals surface area contributed by atoms with Crippen molar-refractivity contribution >= 4 is 28.4 Å². The number of nitrogens with one attached hydrogen (secondary N) is 1. The highest BCUT2D eigenvalue weighted by molar-refractivity contribution is 7.84. The maximum Gasteiger partial charge on any atom is 0.339 e. The normalized spacial score (nSPS) is 11.6. The SMILES string of the molecule is CCCCc1ccc(NC(=O)COC(=O)c2ccccc2[S@@](C)=O)cc1. The smallest absolute Gasteiger partial charge is 0.339 e. The van der Waals surface area contributed by atoms with E-state index in [0.29, 0.717) is 10.6 Å². The molecular weight excluding hydrogens is 350 g/mol. The predicted molar refractivity (Wildman–Crippen MR) is 103 cm³/mol. The number of unbranched alkanes of at least 4 members (excludes halogenated alkanes) is 1. The number of hydrogen-bond donors (Lipinski definition) is 1. The summed E-state index contributed by atoms with van der Waals surface area (Å²) in [5.41, 5.74) is 2.09. The Balaban J connectivity index is 1.89. The predicted octanol–water partition coefficient (Wildman–Crippen LogP) is 3.56. The van der Waals surface area contributed by atoms with Crippen LogP contribution in [0.2, 0.25) is 0 Å². The molecule has 1 atom stereocenters. The van der Waals surface area contributed by atoms with Crippen molar-refractivity contribution in [3.8, 4) is 0 Å². The molecular formula is C20H23NO4S. The van der Waals surface area contributed by atoms with Crippen LogP contribution < -0.4 is 5.32 Å². The Labute approximate surface area is 156 Å². The van der Waals surface area contributed by atoms with Crippen molar-refractivity contribution < 1.29 is 18.5 Å². The lowest BCUT2D eigenvalue weighted by molar-refractivity contribution is -0.119. The van der Waals surface area contributed by atoms with E-state index >= 15 is 0 Å². The number of carbonyl (C=O) groups excluding carboxylic acids is 2. The highest BCUT2D eigenvalue weighted by Crippen LogP contribution is 2.14. The number of rotatable bonds is 8. The Hall–Kier alpha value is -2.47. The van der Waals surface area contributed by atoms with Gasteiger partial charge in [-0.05, 0) is 42.7 Å². The fourth-order valence-electron chi connectivity index (χ4n) is 2.43. The zero-order valence-corrected chi connectivity index (χ0v) is 15.8. The lowest BCUT2D eigenvalue weighted by Gasteiger charge is -2.09. The zero-order chi connectivity index (χ0) is 18.9. The minimum atomic E-state index is -1.31. The van der Waals surface area contributed by atoms with Crippen molar-refractivity contribution in [2.75, 3.05) is 18.2 Å². The number of hydrogen-bond acceptors (Lipinski definition) is 4. The number of esters is 1. The molecule has 0 saturated heterocycles. The maximum absolute atomic E-state index is 12.1. The topological polar surface area (TPSA) is 72.5 Å². The first-order valence-electron chi connectivity index (χ1n) is 8.49. The van der Waals surface area contributed by atoms with Gasteiger partial charge in [-0.1, -0.05) is 37.6 Å². The fourth-order valence-corrected chi connectivity index (χ4v) is 3.16. The van der Waals surface area contributed by atoms with E-state index in [1.54, 1.807) is 18.2 Å². The summed E-state index contributed by atoms with van der Waals surface area (Å²) in [6.45, 7) is 1.74. The van der Waals surface area contributed by atoms with Crippen LogP contribution in [-0.2, 0) is 26.8 Å². The molecule has 0 fully saturated rings. The third kappa shape index (κ3) is 5.81. The molecule has 138 valence electrons. The van der Waals surface area contributed by atoms with Crippen molar-refractivity contribution in [2.45, 2.75) is 31.1 Å². The summed E-state index contributed by atoms with van der Waals surface area (Å²) < 4.78 is 16.7. The molecule has 2 rings (SSSR count). The minimum Gasteiger partial charge on any atom is -0.452 e. The summed E-state index contributed by atoms with van der Waals surface area (Å²) in [5.74, 6) is -1.09. The molecule has 0 aliphatic heterocycles. The Morgan fingerprint density at radius 2 is 1.77 bits per heavy atom. The minimum absolute atomic E-state index is 0.210. The fraction of sp³-hybridized carbons (Fsp3) is 0.300. The van der Waals surface area contributed by atoms with Crippen molar-refractivity contribution in [2.24, 2.45) is 0 Å².